The van der Waals surface area contributed by atoms with Crippen molar-refractivity contribution in [3.8, 4) is 11.3 Å². The van der Waals surface area contributed by atoms with Crippen LogP contribution in [0.3, 0.4) is 0 Å². The smallest absolute Gasteiger partial charge is 0.456 e. The van der Waals surface area contributed by atoms with Crippen molar-refractivity contribution < 1.29 is 31.8 Å². The van der Waals surface area contributed by atoms with Crippen molar-refractivity contribution in [3.05, 3.63) is 65.0 Å². The summed E-state index contributed by atoms with van der Waals surface area (Å²) in [6, 6.07) is 17.3. The molecule has 0 aliphatic carbocycles. The van der Waals surface area contributed by atoms with Gasteiger partial charge in [0.15, 0.2) is 6.54 Å². The Morgan fingerprint density at radius 1 is 1.07 bits per heavy atom. The number of aliphatic hydroxyl groups is 1. The molecule has 2 N–H and O–H groups in total. The molecule has 0 amide bonds. The van der Waals surface area contributed by atoms with E-state index in [0.717, 1.165) is 27.7 Å². The van der Waals surface area contributed by atoms with Gasteiger partial charge in [0, 0.05) is 10.6 Å². The molecule has 0 saturated carbocycles. The largest absolute Gasteiger partial charge is 0.673 e. The Morgan fingerprint density at radius 3 is 2.26 bits per heavy atom. The number of hydrogen-bond acceptors (Lipinski definition) is 2. The lowest BCUT2D eigenvalue weighted by Gasteiger charge is -2.03. The van der Waals surface area contributed by atoms with Crippen LogP contribution >= 0.6 is 11.6 Å². The molecule has 2 aromatic carbocycles. The molecule has 144 valence electrons. The van der Waals surface area contributed by atoms with Crippen molar-refractivity contribution in [2.24, 2.45) is 0 Å². The van der Waals surface area contributed by atoms with E-state index in [2.05, 4.69) is 4.99 Å². The normalized spacial score (nSPS) is 13.2. The molecule has 0 aliphatic rings. The van der Waals surface area contributed by atoms with Crippen LogP contribution in [0, 0.1) is 0 Å². The van der Waals surface area contributed by atoms with Crippen LogP contribution in [0.4, 0.5) is 17.3 Å². The van der Waals surface area contributed by atoms with Gasteiger partial charge in [0.25, 0.3) is 0 Å². The Bertz CT molecular complexity index is 950. The highest BCUT2D eigenvalue weighted by Gasteiger charge is 2.20. The molecule has 0 spiro atoms. The van der Waals surface area contributed by atoms with Crippen molar-refractivity contribution in [1.82, 2.24) is 0 Å². The van der Waals surface area contributed by atoms with Gasteiger partial charge in [-0.3, -0.25) is 0 Å². The molecule has 0 radical (unpaired) electrons. The highest BCUT2D eigenvalue weighted by atomic mass is 35.5. The van der Waals surface area contributed by atoms with Gasteiger partial charge in [-0.05, 0) is 43.3 Å². The van der Waals surface area contributed by atoms with Crippen LogP contribution in [0.25, 0.3) is 22.3 Å². The van der Waals surface area contributed by atoms with E-state index in [-0.39, 0.29) is 0 Å². The molecular weight excluding hydrogens is 384 g/mol. The molecule has 27 heavy (non-hydrogen) atoms. The number of halogens is 5. The maximum atomic E-state index is 9.75. The van der Waals surface area contributed by atoms with Crippen molar-refractivity contribution in [3.63, 3.8) is 0 Å². The second kappa shape index (κ2) is 9.06. The summed E-state index contributed by atoms with van der Waals surface area (Å²) in [6.07, 6.45) is -0.421. The molecule has 3 nitrogen and oxygen atoms in total. The third kappa shape index (κ3) is 7.07. The van der Waals surface area contributed by atoms with Gasteiger partial charge in [0.05, 0.1) is 11.5 Å². The van der Waals surface area contributed by atoms with E-state index in [1.165, 1.54) is 0 Å². The first kappa shape index (κ1) is 21.0. The van der Waals surface area contributed by atoms with Crippen molar-refractivity contribution in [1.29, 1.82) is 0 Å². The highest BCUT2D eigenvalue weighted by Crippen LogP contribution is 2.23. The maximum absolute atomic E-state index is 9.75. The summed E-state index contributed by atoms with van der Waals surface area (Å²) in [4.78, 5) is 3.27. The predicted molar refractivity (Wildman–Crippen MR) is 97.5 cm³/mol. The van der Waals surface area contributed by atoms with Gasteiger partial charge in [0.2, 0.25) is 5.36 Å². The maximum Gasteiger partial charge on any atom is 0.673 e. The lowest BCUT2D eigenvalue weighted by molar-refractivity contribution is -0.508. The number of fused-ring (bicyclic) bond motifs is 1. The molecule has 1 atom stereocenters. The van der Waals surface area contributed by atoms with Gasteiger partial charge >= 0.3 is 7.25 Å². The minimum atomic E-state index is -6.00. The Hall–Kier alpha value is -2.32. The molecule has 0 saturated heterocycles. The van der Waals surface area contributed by atoms with Crippen LogP contribution in [-0.2, 0) is 0 Å². The molecule has 3 rings (SSSR count). The summed E-state index contributed by atoms with van der Waals surface area (Å²) < 4.78 is 45.0. The summed E-state index contributed by atoms with van der Waals surface area (Å²) in [7, 11) is -6.00. The van der Waals surface area contributed by atoms with Crippen LogP contribution in [0.2, 0.25) is 5.02 Å². The van der Waals surface area contributed by atoms with Crippen LogP contribution in [0.1, 0.15) is 6.92 Å². The third-order valence-corrected chi connectivity index (χ3v) is 3.64. The molecular formula is C18H17BClF4NO2. The number of aliphatic hydroxyl groups excluding tert-OH is 1. The van der Waals surface area contributed by atoms with Crippen LogP contribution < -0.4 is 10.3 Å². The van der Waals surface area contributed by atoms with Gasteiger partial charge in [-0.25, -0.2) is 4.99 Å². The molecule has 9 heteroatoms. The molecule has 0 aliphatic heterocycles. The summed E-state index contributed by atoms with van der Waals surface area (Å²) >= 11 is 5.94. The van der Waals surface area contributed by atoms with E-state index in [1.807, 2.05) is 54.6 Å². The quantitative estimate of drug-likeness (QED) is 0.522. The molecule has 0 bridgehead atoms. The van der Waals surface area contributed by atoms with Crippen molar-refractivity contribution in [2.45, 2.75) is 13.0 Å². The van der Waals surface area contributed by atoms with E-state index in [0.29, 0.717) is 11.6 Å². The Kier molecular flexibility index (Phi) is 7.04. The van der Waals surface area contributed by atoms with E-state index in [1.54, 1.807) is 6.92 Å². The molecule has 3 aromatic rings. The number of benzene rings is 2. The average molecular weight is 402 g/mol. The average Bonchev–Trinajstić information content (AvgIpc) is 2.58. The van der Waals surface area contributed by atoms with Gasteiger partial charge in [-0.2, -0.15) is 0 Å². The topological polar surface area (TPSA) is 47.3 Å². The first-order chi connectivity index (χ1) is 12.6. The standard InChI is InChI=1S/C18H16ClNO2.BF4/c1-12(21)11-20-16-10-18(13-6-8-14(19)9-7-13)22-17-5-3-2-4-15(16)17;2-1(3,4)5/h2-10,12,21H,11H2,1H3;/q;-1/p+1. The van der Waals surface area contributed by atoms with Crippen LogP contribution in [-0.4, -0.2) is 25.0 Å². The molecule has 1 heterocycles. The summed E-state index contributed by atoms with van der Waals surface area (Å²) in [6.45, 7) is 2.23. The zero-order valence-corrected chi connectivity index (χ0v) is 15.1. The molecule has 1 aromatic heterocycles. The zero-order chi connectivity index (χ0) is 20.0. The third-order valence-electron chi connectivity index (χ3n) is 3.39. The monoisotopic (exact) mass is 401 g/mol. The Balaban J connectivity index is 0.000000465. The fraction of sp³-hybridized carbons (Fsp3) is 0.167. The number of hydrogen-bond donors (Lipinski definition) is 2. The minimum absolute atomic E-state index is 0.421. The van der Waals surface area contributed by atoms with Gasteiger partial charge < -0.3 is 26.8 Å². The number of para-hydroxylation sites is 1. The fourth-order valence-corrected chi connectivity index (χ4v) is 2.42. The number of rotatable bonds is 3. The highest BCUT2D eigenvalue weighted by molar-refractivity contribution is 6.50. The predicted octanol–water partition coefficient (Wildman–Crippen LogP) is 3.42. The van der Waals surface area contributed by atoms with Crippen LogP contribution in [0.15, 0.2) is 59.0 Å². The first-order valence-electron chi connectivity index (χ1n) is 8.04. The van der Waals surface area contributed by atoms with E-state index in [9.17, 15) is 22.4 Å². The van der Waals surface area contributed by atoms with E-state index < -0.39 is 13.4 Å². The van der Waals surface area contributed by atoms with Crippen LogP contribution in [0.5, 0.6) is 0 Å². The fourth-order valence-electron chi connectivity index (χ4n) is 2.30. The van der Waals surface area contributed by atoms with Gasteiger partial charge in [0.1, 0.15) is 17.4 Å². The molecule has 0 fully saturated rings. The lowest BCUT2D eigenvalue weighted by Crippen LogP contribution is -2.78. The molecule has 1 unspecified atom stereocenters. The van der Waals surface area contributed by atoms with Crippen molar-refractivity contribution in [2.75, 3.05) is 6.54 Å². The summed E-state index contributed by atoms with van der Waals surface area (Å²) in [5.41, 5.74) is 1.75. The van der Waals surface area contributed by atoms with Gasteiger partial charge in [-0.1, -0.05) is 23.7 Å². The lowest BCUT2D eigenvalue weighted by atomic mass is 10.1. The first-order valence-corrected chi connectivity index (χ1v) is 8.42. The zero-order valence-electron chi connectivity index (χ0n) is 14.3. The van der Waals surface area contributed by atoms with Gasteiger partial charge in [-0.15, -0.1) is 0 Å². The Labute approximate surface area is 158 Å². The summed E-state index contributed by atoms with van der Waals surface area (Å²) in [5.74, 6) is 0.753. The second-order valence-corrected chi connectivity index (χ2v) is 6.19. The number of nitrogens with one attached hydrogen (secondary N) is 1. The Morgan fingerprint density at radius 2 is 1.67 bits per heavy atom. The van der Waals surface area contributed by atoms with E-state index >= 15 is 0 Å². The minimum Gasteiger partial charge on any atom is -0.456 e. The SMILES string of the molecule is CC(O)C[NH+]=c1cc(-c2ccc(Cl)cc2)oc2ccccc12.F[B-](F)(F)F. The van der Waals surface area contributed by atoms with Crippen molar-refractivity contribution >= 4 is 29.8 Å². The second-order valence-electron chi connectivity index (χ2n) is 5.75. The summed E-state index contributed by atoms with van der Waals surface area (Å²) in [5, 5.41) is 12.1. The van der Waals surface area contributed by atoms with E-state index in [4.69, 9.17) is 16.0 Å².